The third-order valence-corrected chi connectivity index (χ3v) is 3.36. The van der Waals surface area contributed by atoms with Crippen molar-refractivity contribution in [3.05, 3.63) is 35.9 Å². The van der Waals surface area contributed by atoms with Gasteiger partial charge in [0.1, 0.15) is 0 Å². The molecule has 0 aliphatic carbocycles. The van der Waals surface area contributed by atoms with E-state index in [1.165, 1.54) is 5.56 Å². The van der Waals surface area contributed by atoms with Crippen LogP contribution in [0.15, 0.2) is 30.3 Å². The van der Waals surface area contributed by atoms with Crippen LogP contribution in [0.4, 0.5) is 0 Å². The first kappa shape index (κ1) is 14.0. The van der Waals surface area contributed by atoms with Gasteiger partial charge in [0.25, 0.3) is 0 Å². The lowest BCUT2D eigenvalue weighted by Crippen LogP contribution is -2.46. The molecule has 0 spiro atoms. The fourth-order valence-corrected chi connectivity index (χ4v) is 2.31. The first-order chi connectivity index (χ1) is 9.31. The van der Waals surface area contributed by atoms with Gasteiger partial charge >= 0.3 is 5.97 Å². The number of hydrogen-bond acceptors (Lipinski definition) is 4. The summed E-state index contributed by atoms with van der Waals surface area (Å²) in [5.41, 5.74) is 1.22. The number of rotatable bonds is 5. The SMILES string of the molecule is CCOC(=O)[C@@H]1COCC[C@H]1NCc1ccccc1. The van der Waals surface area contributed by atoms with Gasteiger partial charge in [-0.25, -0.2) is 0 Å². The molecule has 1 N–H and O–H groups in total. The van der Waals surface area contributed by atoms with Crippen LogP contribution in [0.5, 0.6) is 0 Å². The van der Waals surface area contributed by atoms with E-state index in [1.54, 1.807) is 0 Å². The molecule has 1 aromatic carbocycles. The Morgan fingerprint density at radius 2 is 2.21 bits per heavy atom. The van der Waals surface area contributed by atoms with E-state index in [4.69, 9.17) is 9.47 Å². The summed E-state index contributed by atoms with van der Waals surface area (Å²) >= 11 is 0. The number of carbonyl (C=O) groups excluding carboxylic acids is 1. The van der Waals surface area contributed by atoms with E-state index < -0.39 is 0 Å². The molecule has 1 fully saturated rings. The highest BCUT2D eigenvalue weighted by molar-refractivity contribution is 5.73. The number of hydrogen-bond donors (Lipinski definition) is 1. The lowest BCUT2D eigenvalue weighted by atomic mass is 9.95. The molecular weight excluding hydrogens is 242 g/mol. The summed E-state index contributed by atoms with van der Waals surface area (Å²) in [6.07, 6.45) is 0.844. The van der Waals surface area contributed by atoms with Crippen molar-refractivity contribution in [2.75, 3.05) is 19.8 Å². The molecule has 19 heavy (non-hydrogen) atoms. The van der Waals surface area contributed by atoms with Crippen molar-refractivity contribution < 1.29 is 14.3 Å². The third-order valence-electron chi connectivity index (χ3n) is 3.36. The second kappa shape index (κ2) is 7.26. The summed E-state index contributed by atoms with van der Waals surface area (Å²) in [6, 6.07) is 10.3. The Labute approximate surface area is 114 Å². The molecule has 0 aromatic heterocycles. The summed E-state index contributed by atoms with van der Waals surface area (Å²) in [4.78, 5) is 11.9. The summed E-state index contributed by atoms with van der Waals surface area (Å²) in [5.74, 6) is -0.356. The van der Waals surface area contributed by atoms with Gasteiger partial charge in [-0.1, -0.05) is 30.3 Å². The van der Waals surface area contributed by atoms with E-state index >= 15 is 0 Å². The molecule has 1 aliphatic rings. The van der Waals surface area contributed by atoms with E-state index in [1.807, 2.05) is 25.1 Å². The minimum absolute atomic E-state index is 0.132. The van der Waals surface area contributed by atoms with Gasteiger partial charge < -0.3 is 14.8 Å². The second-order valence-electron chi connectivity index (χ2n) is 4.70. The van der Waals surface area contributed by atoms with Crippen LogP contribution < -0.4 is 5.32 Å². The Balaban J connectivity index is 1.90. The van der Waals surface area contributed by atoms with Crippen molar-refractivity contribution in [2.24, 2.45) is 5.92 Å². The highest BCUT2D eigenvalue weighted by atomic mass is 16.5. The zero-order valence-corrected chi connectivity index (χ0v) is 11.3. The van der Waals surface area contributed by atoms with Crippen molar-refractivity contribution in [1.82, 2.24) is 5.32 Å². The molecular formula is C15H21NO3. The predicted molar refractivity (Wildman–Crippen MR) is 72.6 cm³/mol. The summed E-state index contributed by atoms with van der Waals surface area (Å²) in [7, 11) is 0. The van der Waals surface area contributed by atoms with Crippen molar-refractivity contribution in [3.63, 3.8) is 0 Å². The molecule has 0 amide bonds. The largest absolute Gasteiger partial charge is 0.466 e. The number of benzene rings is 1. The molecule has 0 unspecified atom stereocenters. The lowest BCUT2D eigenvalue weighted by molar-refractivity contribution is -0.154. The summed E-state index contributed by atoms with van der Waals surface area (Å²) in [5, 5.41) is 3.45. The minimum Gasteiger partial charge on any atom is -0.466 e. The van der Waals surface area contributed by atoms with Crippen LogP contribution in [0.25, 0.3) is 0 Å². The Morgan fingerprint density at radius 1 is 1.42 bits per heavy atom. The van der Waals surface area contributed by atoms with Crippen LogP contribution >= 0.6 is 0 Å². The van der Waals surface area contributed by atoms with Gasteiger partial charge in [0, 0.05) is 19.2 Å². The van der Waals surface area contributed by atoms with Crippen molar-refractivity contribution in [3.8, 4) is 0 Å². The molecule has 1 saturated heterocycles. The van der Waals surface area contributed by atoms with Gasteiger partial charge in [0.05, 0.1) is 19.1 Å². The van der Waals surface area contributed by atoms with E-state index in [2.05, 4.69) is 17.4 Å². The quantitative estimate of drug-likeness (QED) is 0.822. The zero-order chi connectivity index (χ0) is 13.5. The van der Waals surface area contributed by atoms with Crippen LogP contribution in [-0.4, -0.2) is 31.8 Å². The fraction of sp³-hybridized carbons (Fsp3) is 0.533. The van der Waals surface area contributed by atoms with E-state index in [9.17, 15) is 4.79 Å². The van der Waals surface area contributed by atoms with Gasteiger partial charge in [0.15, 0.2) is 0 Å². The first-order valence-electron chi connectivity index (χ1n) is 6.83. The average Bonchev–Trinajstić information content (AvgIpc) is 2.47. The summed E-state index contributed by atoms with van der Waals surface area (Å²) in [6.45, 7) is 4.16. The molecule has 0 saturated carbocycles. The van der Waals surface area contributed by atoms with Crippen LogP contribution in [0, 0.1) is 5.92 Å². The molecule has 4 nitrogen and oxygen atoms in total. The van der Waals surface area contributed by atoms with Crippen LogP contribution in [0.1, 0.15) is 18.9 Å². The van der Waals surface area contributed by atoms with Gasteiger partial charge in [0.2, 0.25) is 0 Å². The standard InChI is InChI=1S/C15H21NO3/c1-2-19-15(17)13-11-18-9-8-14(13)16-10-12-6-4-3-5-7-12/h3-7,13-14,16H,2,8-11H2,1H3/t13-,14-/m1/s1. The maximum absolute atomic E-state index is 11.9. The Bertz CT molecular complexity index is 394. The van der Waals surface area contributed by atoms with Crippen LogP contribution in [0.2, 0.25) is 0 Å². The monoisotopic (exact) mass is 263 g/mol. The van der Waals surface area contributed by atoms with Crippen molar-refractivity contribution in [2.45, 2.75) is 25.9 Å². The second-order valence-corrected chi connectivity index (χ2v) is 4.70. The van der Waals surface area contributed by atoms with Crippen LogP contribution in [0.3, 0.4) is 0 Å². The fourth-order valence-electron chi connectivity index (χ4n) is 2.31. The Hall–Kier alpha value is -1.39. The summed E-state index contributed by atoms with van der Waals surface area (Å²) < 4.78 is 10.5. The number of esters is 1. The smallest absolute Gasteiger partial charge is 0.312 e. The molecule has 2 rings (SSSR count). The molecule has 2 atom stereocenters. The lowest BCUT2D eigenvalue weighted by Gasteiger charge is -2.30. The molecule has 0 bridgehead atoms. The molecule has 1 heterocycles. The third kappa shape index (κ3) is 4.04. The van der Waals surface area contributed by atoms with Crippen LogP contribution in [-0.2, 0) is 20.8 Å². The minimum atomic E-state index is -0.197. The molecule has 104 valence electrons. The Morgan fingerprint density at radius 3 is 2.95 bits per heavy atom. The van der Waals surface area contributed by atoms with E-state index in [0.717, 1.165) is 13.0 Å². The van der Waals surface area contributed by atoms with Gasteiger partial charge in [-0.05, 0) is 18.9 Å². The van der Waals surface area contributed by atoms with E-state index in [0.29, 0.717) is 19.8 Å². The normalized spacial score (nSPS) is 23.0. The molecule has 4 heteroatoms. The topological polar surface area (TPSA) is 47.6 Å². The maximum atomic E-state index is 11.9. The maximum Gasteiger partial charge on any atom is 0.312 e. The van der Waals surface area contributed by atoms with Crippen molar-refractivity contribution >= 4 is 5.97 Å². The van der Waals surface area contributed by atoms with Gasteiger partial charge in [-0.15, -0.1) is 0 Å². The first-order valence-corrected chi connectivity index (χ1v) is 6.83. The zero-order valence-electron chi connectivity index (χ0n) is 11.3. The highest BCUT2D eigenvalue weighted by Gasteiger charge is 2.32. The Kier molecular flexibility index (Phi) is 5.36. The van der Waals surface area contributed by atoms with E-state index in [-0.39, 0.29) is 17.9 Å². The number of carbonyl (C=O) groups is 1. The average molecular weight is 263 g/mol. The predicted octanol–water partition coefficient (Wildman–Crippen LogP) is 1.74. The highest BCUT2D eigenvalue weighted by Crippen LogP contribution is 2.17. The molecule has 1 aliphatic heterocycles. The van der Waals surface area contributed by atoms with Crippen molar-refractivity contribution in [1.29, 1.82) is 0 Å². The number of nitrogens with one attached hydrogen (secondary N) is 1. The molecule has 0 radical (unpaired) electrons. The van der Waals surface area contributed by atoms with Gasteiger partial charge in [-0.3, -0.25) is 4.79 Å². The molecule has 1 aromatic rings. The van der Waals surface area contributed by atoms with Gasteiger partial charge in [-0.2, -0.15) is 0 Å². The number of ether oxygens (including phenoxy) is 2.